The number of nitrogens with zero attached hydrogens (tertiary/aromatic N) is 1. The van der Waals surface area contributed by atoms with Gasteiger partial charge in [-0.2, -0.15) is 0 Å². The topological polar surface area (TPSA) is 44.6 Å². The molecule has 0 heterocycles. The average molecular weight is 176 g/mol. The van der Waals surface area contributed by atoms with E-state index in [1.807, 2.05) is 36.7 Å². The monoisotopic (exact) mass is 176 g/mol. The van der Waals surface area contributed by atoms with Crippen molar-refractivity contribution in [3.05, 3.63) is 42.1 Å². The number of aryl methyl sites for hydroxylation is 1. The lowest BCUT2D eigenvalue weighted by Gasteiger charge is -1.92. The van der Waals surface area contributed by atoms with Crippen LogP contribution in [0.15, 0.2) is 41.5 Å². The predicted octanol–water partition coefficient (Wildman–Crippen LogP) is 2.19. The first-order chi connectivity index (χ1) is 6.33. The first kappa shape index (κ1) is 9.48. The minimum Gasteiger partial charge on any atom is -0.292 e. The number of aliphatic imine (C=N–C) groups is 1. The second-order valence-electron chi connectivity index (χ2n) is 2.60. The largest absolute Gasteiger partial charge is 0.292 e. The first-order valence-electron chi connectivity index (χ1n) is 3.98. The molecule has 0 aliphatic carbocycles. The van der Waals surface area contributed by atoms with Gasteiger partial charge in [-0.25, -0.2) is 0 Å². The van der Waals surface area contributed by atoms with Gasteiger partial charge in [0.05, 0.1) is 5.69 Å². The Labute approximate surface area is 77.4 Å². The smallest absolute Gasteiger partial charge is 0.0629 e. The van der Waals surface area contributed by atoms with E-state index >= 15 is 0 Å². The first-order valence-corrected chi connectivity index (χ1v) is 3.98. The second kappa shape index (κ2) is 5.11. The number of hydrogen-bond donors (Lipinski definition) is 2. The van der Waals surface area contributed by atoms with Crippen LogP contribution in [0.1, 0.15) is 5.56 Å². The lowest BCUT2D eigenvalue weighted by molar-refractivity contribution is 0.214. The Morgan fingerprint density at radius 2 is 2.00 bits per heavy atom. The lowest BCUT2D eigenvalue weighted by atomic mass is 10.2. The summed E-state index contributed by atoms with van der Waals surface area (Å²) in [5.74, 6) is 0. The summed E-state index contributed by atoms with van der Waals surface area (Å²) in [6.07, 6.45) is 4.60. The van der Waals surface area contributed by atoms with E-state index in [2.05, 4.69) is 4.99 Å². The molecule has 68 valence electrons. The van der Waals surface area contributed by atoms with Gasteiger partial charge in [0.2, 0.25) is 0 Å². The number of rotatable bonds is 3. The molecule has 0 unspecified atom stereocenters. The fourth-order valence-corrected chi connectivity index (χ4v) is 0.846. The van der Waals surface area contributed by atoms with Gasteiger partial charge in [0, 0.05) is 12.4 Å². The van der Waals surface area contributed by atoms with Gasteiger partial charge in [-0.3, -0.25) is 15.7 Å². The number of allylic oxidation sites excluding steroid dienone is 1. The van der Waals surface area contributed by atoms with Gasteiger partial charge in [0.1, 0.15) is 0 Å². The Morgan fingerprint density at radius 1 is 1.31 bits per heavy atom. The third-order valence-electron chi connectivity index (χ3n) is 1.51. The number of hydroxylamine groups is 1. The van der Waals surface area contributed by atoms with Crippen molar-refractivity contribution in [1.82, 2.24) is 5.48 Å². The molecule has 3 heteroatoms. The van der Waals surface area contributed by atoms with E-state index in [1.54, 1.807) is 12.3 Å². The molecule has 0 radical (unpaired) electrons. The van der Waals surface area contributed by atoms with Crippen molar-refractivity contribution < 1.29 is 5.21 Å². The zero-order valence-electron chi connectivity index (χ0n) is 7.44. The van der Waals surface area contributed by atoms with Crippen molar-refractivity contribution in [2.75, 3.05) is 0 Å². The summed E-state index contributed by atoms with van der Waals surface area (Å²) >= 11 is 0. The van der Waals surface area contributed by atoms with Crippen molar-refractivity contribution in [2.24, 2.45) is 4.99 Å². The van der Waals surface area contributed by atoms with E-state index in [0.717, 1.165) is 5.69 Å². The van der Waals surface area contributed by atoms with Crippen molar-refractivity contribution >= 4 is 11.9 Å². The Morgan fingerprint density at radius 3 is 2.62 bits per heavy atom. The van der Waals surface area contributed by atoms with Gasteiger partial charge in [0.15, 0.2) is 0 Å². The highest BCUT2D eigenvalue weighted by atomic mass is 16.5. The molecule has 0 aliphatic rings. The summed E-state index contributed by atoms with van der Waals surface area (Å²) < 4.78 is 0. The van der Waals surface area contributed by atoms with Crippen molar-refractivity contribution in [3.8, 4) is 0 Å². The van der Waals surface area contributed by atoms with E-state index < -0.39 is 0 Å². The van der Waals surface area contributed by atoms with Crippen LogP contribution >= 0.6 is 0 Å². The van der Waals surface area contributed by atoms with E-state index in [-0.39, 0.29) is 0 Å². The number of benzene rings is 1. The van der Waals surface area contributed by atoms with Gasteiger partial charge >= 0.3 is 0 Å². The van der Waals surface area contributed by atoms with Crippen LogP contribution in [-0.4, -0.2) is 11.4 Å². The van der Waals surface area contributed by atoms with Crippen LogP contribution in [0, 0.1) is 6.92 Å². The van der Waals surface area contributed by atoms with Gasteiger partial charge in [-0.1, -0.05) is 17.7 Å². The minimum absolute atomic E-state index is 0.896. The summed E-state index contributed by atoms with van der Waals surface area (Å²) in [6, 6.07) is 7.87. The molecular formula is C10H12N2O. The van der Waals surface area contributed by atoms with E-state index in [1.165, 1.54) is 11.8 Å². The van der Waals surface area contributed by atoms with Gasteiger partial charge < -0.3 is 0 Å². The number of nitrogens with one attached hydrogen (secondary N) is 1. The van der Waals surface area contributed by atoms with Gasteiger partial charge in [-0.05, 0) is 25.1 Å². The summed E-state index contributed by atoms with van der Waals surface area (Å²) in [7, 11) is 0. The van der Waals surface area contributed by atoms with Gasteiger partial charge in [0.25, 0.3) is 0 Å². The Balaban J connectivity index is 2.59. The molecule has 1 aromatic carbocycles. The molecule has 0 saturated carbocycles. The Bertz CT molecular complexity index is 301. The summed E-state index contributed by atoms with van der Waals surface area (Å²) in [5, 5.41) is 8.20. The third-order valence-corrected chi connectivity index (χ3v) is 1.51. The van der Waals surface area contributed by atoms with Crippen LogP contribution < -0.4 is 5.48 Å². The molecule has 0 amide bonds. The van der Waals surface area contributed by atoms with E-state index in [0.29, 0.717) is 0 Å². The Kier molecular flexibility index (Phi) is 3.73. The normalized spacial score (nSPS) is 11.2. The fraction of sp³-hybridized carbons (Fsp3) is 0.100. The highest BCUT2D eigenvalue weighted by molar-refractivity contribution is 5.74. The highest BCUT2D eigenvalue weighted by Crippen LogP contribution is 2.11. The molecule has 0 aromatic heterocycles. The fourth-order valence-electron chi connectivity index (χ4n) is 0.846. The van der Waals surface area contributed by atoms with E-state index in [4.69, 9.17) is 5.21 Å². The standard InChI is InChI=1S/C10H12N2O/c1-9-3-5-10(6-4-9)11-7-2-8-12-13/h2-8,12-13H,1H3/b8-2+,11-7?. The zero-order valence-corrected chi connectivity index (χ0v) is 7.44. The Hall–Kier alpha value is -1.61. The van der Waals surface area contributed by atoms with Crippen LogP contribution in [0.2, 0.25) is 0 Å². The highest BCUT2D eigenvalue weighted by Gasteiger charge is 1.84. The molecule has 0 bridgehead atoms. The minimum atomic E-state index is 0.896. The van der Waals surface area contributed by atoms with Crippen LogP contribution in [0.4, 0.5) is 5.69 Å². The van der Waals surface area contributed by atoms with Crippen LogP contribution in [0.3, 0.4) is 0 Å². The van der Waals surface area contributed by atoms with Crippen LogP contribution in [-0.2, 0) is 0 Å². The quantitative estimate of drug-likeness (QED) is 0.547. The molecule has 0 fully saturated rings. The SMILES string of the molecule is Cc1ccc(N=C/C=C/NO)cc1. The molecule has 2 N–H and O–H groups in total. The second-order valence-corrected chi connectivity index (χ2v) is 2.60. The van der Waals surface area contributed by atoms with Crippen molar-refractivity contribution in [3.63, 3.8) is 0 Å². The van der Waals surface area contributed by atoms with Crippen molar-refractivity contribution in [1.29, 1.82) is 0 Å². The lowest BCUT2D eigenvalue weighted by Crippen LogP contribution is -1.92. The molecule has 3 nitrogen and oxygen atoms in total. The van der Waals surface area contributed by atoms with E-state index in [9.17, 15) is 0 Å². The average Bonchev–Trinajstić information content (AvgIpc) is 2.15. The predicted molar refractivity (Wildman–Crippen MR) is 53.4 cm³/mol. The maximum atomic E-state index is 8.20. The summed E-state index contributed by atoms with van der Waals surface area (Å²) in [4.78, 5) is 4.12. The molecule has 0 saturated heterocycles. The van der Waals surface area contributed by atoms with Crippen LogP contribution in [0.5, 0.6) is 0 Å². The molecule has 1 aromatic rings. The molecule has 0 atom stereocenters. The maximum absolute atomic E-state index is 8.20. The maximum Gasteiger partial charge on any atom is 0.0629 e. The zero-order chi connectivity index (χ0) is 9.52. The number of hydrogen-bond acceptors (Lipinski definition) is 3. The third kappa shape index (κ3) is 3.53. The summed E-state index contributed by atoms with van der Waals surface area (Å²) in [5.41, 5.74) is 4.00. The van der Waals surface area contributed by atoms with Crippen LogP contribution in [0.25, 0.3) is 0 Å². The molecular weight excluding hydrogens is 164 g/mol. The molecule has 0 aliphatic heterocycles. The van der Waals surface area contributed by atoms with Crippen molar-refractivity contribution in [2.45, 2.75) is 6.92 Å². The molecule has 1 rings (SSSR count). The molecule has 0 spiro atoms. The summed E-state index contributed by atoms with van der Waals surface area (Å²) in [6.45, 7) is 2.03. The van der Waals surface area contributed by atoms with Gasteiger partial charge in [-0.15, -0.1) is 0 Å². The molecule has 13 heavy (non-hydrogen) atoms.